The second-order valence-corrected chi connectivity index (χ2v) is 4.19. The fraction of sp³-hybridized carbons (Fsp3) is 0.385. The third kappa shape index (κ3) is 2.08. The van der Waals surface area contributed by atoms with E-state index in [1.165, 1.54) is 24.6 Å². The summed E-state index contributed by atoms with van der Waals surface area (Å²) in [6.07, 6.45) is 3.78. The summed E-state index contributed by atoms with van der Waals surface area (Å²) in [5.74, 6) is 1.09. The van der Waals surface area contributed by atoms with E-state index in [1.807, 2.05) is 12.1 Å². The average molecular weight is 238 g/mol. The molecule has 0 aliphatic carbocycles. The largest absolute Gasteiger partial charge is 0.459 e. The Bertz CT molecular complexity index is 427. The Labute approximate surface area is 101 Å². The summed E-state index contributed by atoms with van der Waals surface area (Å²) in [4.78, 5) is 0. The molecule has 0 saturated carbocycles. The Balaban J connectivity index is 0.000000963. The van der Waals surface area contributed by atoms with Crippen LogP contribution in [0.5, 0.6) is 0 Å². The molecule has 86 valence electrons. The molecular weight excluding hydrogens is 222 g/mol. The molecule has 1 aromatic carbocycles. The van der Waals surface area contributed by atoms with E-state index in [1.54, 1.807) is 0 Å². The molecule has 2 heterocycles. The first-order valence-electron chi connectivity index (χ1n) is 5.65. The van der Waals surface area contributed by atoms with Crippen LogP contribution in [0.2, 0.25) is 0 Å². The number of furan rings is 1. The minimum absolute atomic E-state index is 0. The fourth-order valence-corrected chi connectivity index (χ4v) is 2.27. The van der Waals surface area contributed by atoms with Crippen LogP contribution in [0.3, 0.4) is 0 Å². The number of hydrogen-bond donors (Lipinski definition) is 1. The third-order valence-corrected chi connectivity index (χ3v) is 3.10. The van der Waals surface area contributed by atoms with Crippen LogP contribution in [-0.4, -0.2) is 6.54 Å². The van der Waals surface area contributed by atoms with E-state index < -0.39 is 0 Å². The van der Waals surface area contributed by atoms with Crippen molar-refractivity contribution in [1.82, 2.24) is 5.32 Å². The molecular formula is C13H16ClNO. The zero-order chi connectivity index (χ0) is 10.1. The van der Waals surface area contributed by atoms with Gasteiger partial charge in [-0.05, 0) is 31.5 Å². The highest BCUT2D eigenvalue weighted by atomic mass is 35.5. The zero-order valence-electron chi connectivity index (χ0n) is 9.11. The highest BCUT2D eigenvalue weighted by Crippen LogP contribution is 2.28. The van der Waals surface area contributed by atoms with Gasteiger partial charge in [0, 0.05) is 5.39 Å². The fourth-order valence-electron chi connectivity index (χ4n) is 2.27. The van der Waals surface area contributed by atoms with Crippen LogP contribution in [0.4, 0.5) is 0 Å². The zero-order valence-corrected chi connectivity index (χ0v) is 9.93. The Hall–Kier alpha value is -0.990. The summed E-state index contributed by atoms with van der Waals surface area (Å²) in [6.45, 7) is 1.11. The van der Waals surface area contributed by atoms with Gasteiger partial charge in [-0.3, -0.25) is 0 Å². The maximum atomic E-state index is 5.85. The van der Waals surface area contributed by atoms with Gasteiger partial charge >= 0.3 is 0 Å². The first kappa shape index (κ1) is 11.5. The first-order valence-corrected chi connectivity index (χ1v) is 5.65. The van der Waals surface area contributed by atoms with Gasteiger partial charge in [-0.25, -0.2) is 0 Å². The van der Waals surface area contributed by atoms with E-state index in [0.29, 0.717) is 6.04 Å². The lowest BCUT2D eigenvalue weighted by Gasteiger charge is -2.21. The summed E-state index contributed by atoms with van der Waals surface area (Å²) in [6, 6.07) is 10.8. The number of halogens is 1. The van der Waals surface area contributed by atoms with Gasteiger partial charge in [-0.1, -0.05) is 24.6 Å². The quantitative estimate of drug-likeness (QED) is 0.819. The molecule has 1 atom stereocenters. The molecule has 0 amide bonds. The Morgan fingerprint density at radius 1 is 1.19 bits per heavy atom. The van der Waals surface area contributed by atoms with E-state index in [-0.39, 0.29) is 12.4 Å². The molecule has 1 aliphatic rings. The van der Waals surface area contributed by atoms with Gasteiger partial charge < -0.3 is 9.73 Å². The Morgan fingerprint density at radius 3 is 2.81 bits per heavy atom. The van der Waals surface area contributed by atoms with Crippen molar-refractivity contribution in [1.29, 1.82) is 0 Å². The molecule has 16 heavy (non-hydrogen) atoms. The number of fused-ring (bicyclic) bond motifs is 1. The van der Waals surface area contributed by atoms with Crippen molar-refractivity contribution in [3.05, 3.63) is 36.1 Å². The second-order valence-electron chi connectivity index (χ2n) is 4.19. The van der Waals surface area contributed by atoms with Crippen molar-refractivity contribution >= 4 is 23.4 Å². The summed E-state index contributed by atoms with van der Waals surface area (Å²) in [5, 5.41) is 4.71. The number of piperidine rings is 1. The van der Waals surface area contributed by atoms with Crippen molar-refractivity contribution in [3.8, 4) is 0 Å². The predicted octanol–water partition coefficient (Wildman–Crippen LogP) is 3.67. The minimum atomic E-state index is 0. The first-order chi connectivity index (χ1) is 7.43. The summed E-state index contributed by atoms with van der Waals surface area (Å²) < 4.78 is 5.85. The lowest BCUT2D eigenvalue weighted by atomic mass is 10.0. The van der Waals surface area contributed by atoms with Crippen LogP contribution in [-0.2, 0) is 0 Å². The van der Waals surface area contributed by atoms with Crippen molar-refractivity contribution in [2.45, 2.75) is 25.3 Å². The van der Waals surface area contributed by atoms with Crippen LogP contribution in [0.1, 0.15) is 31.1 Å². The molecule has 1 unspecified atom stereocenters. The van der Waals surface area contributed by atoms with Crippen molar-refractivity contribution in [2.75, 3.05) is 6.54 Å². The molecule has 1 N–H and O–H groups in total. The maximum Gasteiger partial charge on any atom is 0.134 e. The van der Waals surface area contributed by atoms with Gasteiger partial charge in [-0.15, -0.1) is 12.4 Å². The maximum absolute atomic E-state index is 5.85. The standard InChI is InChI=1S/C13H15NO.ClH/c1-2-7-12-10(5-1)9-13(15-12)11-6-3-4-8-14-11;/h1-2,5,7,9,11,14H,3-4,6,8H2;1H. The highest BCUT2D eigenvalue weighted by molar-refractivity contribution is 5.85. The molecule has 0 radical (unpaired) electrons. The highest BCUT2D eigenvalue weighted by Gasteiger charge is 2.18. The van der Waals surface area contributed by atoms with Gasteiger partial charge in [0.2, 0.25) is 0 Å². The number of benzene rings is 1. The van der Waals surface area contributed by atoms with Gasteiger partial charge in [-0.2, -0.15) is 0 Å². The monoisotopic (exact) mass is 237 g/mol. The minimum Gasteiger partial charge on any atom is -0.459 e. The number of hydrogen-bond acceptors (Lipinski definition) is 2. The molecule has 1 aliphatic heterocycles. The SMILES string of the molecule is Cl.c1ccc2oc(C3CCCCN3)cc2c1. The molecule has 3 rings (SSSR count). The van der Waals surface area contributed by atoms with Crippen LogP contribution >= 0.6 is 12.4 Å². The predicted molar refractivity (Wildman–Crippen MR) is 68.1 cm³/mol. The van der Waals surface area contributed by atoms with Crippen LogP contribution in [0.25, 0.3) is 11.0 Å². The molecule has 1 saturated heterocycles. The molecule has 2 aromatic rings. The Kier molecular flexibility index (Phi) is 3.52. The second kappa shape index (κ2) is 4.89. The summed E-state index contributed by atoms with van der Waals surface area (Å²) in [7, 11) is 0. The van der Waals surface area contributed by atoms with Crippen LogP contribution in [0.15, 0.2) is 34.7 Å². The molecule has 1 fully saturated rings. The van der Waals surface area contributed by atoms with Gasteiger partial charge in [0.1, 0.15) is 11.3 Å². The van der Waals surface area contributed by atoms with Crippen LogP contribution < -0.4 is 5.32 Å². The Morgan fingerprint density at radius 2 is 2.06 bits per heavy atom. The smallest absolute Gasteiger partial charge is 0.134 e. The lowest BCUT2D eigenvalue weighted by molar-refractivity contribution is 0.358. The van der Waals surface area contributed by atoms with E-state index in [0.717, 1.165) is 17.9 Å². The summed E-state index contributed by atoms with van der Waals surface area (Å²) in [5.41, 5.74) is 1.000. The number of para-hydroxylation sites is 1. The summed E-state index contributed by atoms with van der Waals surface area (Å²) >= 11 is 0. The normalized spacial score (nSPS) is 20.6. The van der Waals surface area contributed by atoms with Crippen molar-refractivity contribution in [3.63, 3.8) is 0 Å². The molecule has 2 nitrogen and oxygen atoms in total. The van der Waals surface area contributed by atoms with Crippen molar-refractivity contribution in [2.24, 2.45) is 0 Å². The van der Waals surface area contributed by atoms with Gasteiger partial charge in [0.15, 0.2) is 0 Å². The van der Waals surface area contributed by atoms with E-state index in [4.69, 9.17) is 4.42 Å². The molecule has 1 aromatic heterocycles. The number of rotatable bonds is 1. The van der Waals surface area contributed by atoms with Gasteiger partial charge in [0.05, 0.1) is 6.04 Å². The van der Waals surface area contributed by atoms with E-state index in [2.05, 4.69) is 23.5 Å². The lowest BCUT2D eigenvalue weighted by Crippen LogP contribution is -2.26. The van der Waals surface area contributed by atoms with Crippen molar-refractivity contribution < 1.29 is 4.42 Å². The van der Waals surface area contributed by atoms with E-state index >= 15 is 0 Å². The average Bonchev–Trinajstić information content (AvgIpc) is 2.74. The van der Waals surface area contributed by atoms with E-state index in [9.17, 15) is 0 Å². The molecule has 0 bridgehead atoms. The molecule has 0 spiro atoms. The van der Waals surface area contributed by atoms with Gasteiger partial charge in [0.25, 0.3) is 0 Å². The molecule has 3 heteroatoms. The number of nitrogens with one attached hydrogen (secondary N) is 1. The topological polar surface area (TPSA) is 25.2 Å². The van der Waals surface area contributed by atoms with Crippen LogP contribution in [0, 0.1) is 0 Å². The third-order valence-electron chi connectivity index (χ3n) is 3.10.